The van der Waals surface area contributed by atoms with Crippen LogP contribution in [0.25, 0.3) is 0 Å². The molecule has 202 valence electrons. The van der Waals surface area contributed by atoms with Crippen LogP contribution in [0, 0.1) is 11.7 Å². The Kier molecular flexibility index (Phi) is 10.3. The molecule has 3 rings (SSSR count). The molecule has 0 radical (unpaired) electrons. The lowest BCUT2D eigenvalue weighted by molar-refractivity contribution is -0.142. The SMILES string of the molecule is CC(C)(C)OC(=O)N[C@H](CC[C@H](Cc1ccc(F)cc1)C(=O)O)Cc1ccc(OCc2ccccc2)cc1. The Balaban J connectivity index is 1.64. The molecule has 0 unspecified atom stereocenters. The number of rotatable bonds is 12. The zero-order chi connectivity index (χ0) is 27.5. The van der Waals surface area contributed by atoms with E-state index in [2.05, 4.69) is 5.32 Å². The molecule has 0 bridgehead atoms. The number of benzene rings is 3. The zero-order valence-electron chi connectivity index (χ0n) is 22.2. The van der Waals surface area contributed by atoms with Crippen molar-refractivity contribution >= 4 is 12.1 Å². The summed E-state index contributed by atoms with van der Waals surface area (Å²) in [5.74, 6) is -1.22. The standard InChI is InChI=1S/C31H36FNO5/c1-31(2,3)38-30(36)33-27(16-13-25(29(34)35)19-22-9-14-26(32)15-10-22)20-23-11-17-28(18-12-23)37-21-24-7-5-4-6-8-24/h4-12,14-15,17-18,25,27H,13,16,19-21H2,1-3H3,(H,33,36)(H,34,35)/t25-,27-/m1/s1. The number of carboxylic acids is 1. The fourth-order valence-electron chi connectivity index (χ4n) is 4.07. The molecule has 38 heavy (non-hydrogen) atoms. The van der Waals surface area contributed by atoms with E-state index in [-0.39, 0.29) is 18.3 Å². The van der Waals surface area contributed by atoms with Crippen LogP contribution >= 0.6 is 0 Å². The third-order valence-electron chi connectivity index (χ3n) is 5.98. The highest BCUT2D eigenvalue weighted by Crippen LogP contribution is 2.20. The lowest BCUT2D eigenvalue weighted by Gasteiger charge is -2.25. The largest absolute Gasteiger partial charge is 0.489 e. The molecule has 0 aliphatic rings. The number of aliphatic carboxylic acids is 1. The molecule has 2 atom stereocenters. The molecule has 0 aliphatic carbocycles. The van der Waals surface area contributed by atoms with Crippen molar-refractivity contribution in [3.63, 3.8) is 0 Å². The molecule has 6 nitrogen and oxygen atoms in total. The molecular formula is C31H36FNO5. The van der Waals surface area contributed by atoms with Crippen molar-refractivity contribution < 1.29 is 28.6 Å². The summed E-state index contributed by atoms with van der Waals surface area (Å²) in [6.07, 6.45) is 1.01. The summed E-state index contributed by atoms with van der Waals surface area (Å²) in [5.41, 5.74) is 2.15. The minimum absolute atomic E-state index is 0.280. The van der Waals surface area contributed by atoms with Crippen molar-refractivity contribution in [1.82, 2.24) is 5.32 Å². The zero-order valence-corrected chi connectivity index (χ0v) is 22.2. The molecular weight excluding hydrogens is 485 g/mol. The van der Waals surface area contributed by atoms with Crippen LogP contribution in [0.3, 0.4) is 0 Å². The Labute approximate surface area is 223 Å². The summed E-state index contributed by atoms with van der Waals surface area (Å²) in [7, 11) is 0. The fourth-order valence-corrected chi connectivity index (χ4v) is 4.07. The maximum absolute atomic E-state index is 13.3. The Bertz CT molecular complexity index is 1160. The number of alkyl carbamates (subject to hydrolysis) is 1. The van der Waals surface area contributed by atoms with E-state index < -0.39 is 23.6 Å². The van der Waals surface area contributed by atoms with E-state index in [1.165, 1.54) is 12.1 Å². The summed E-state index contributed by atoms with van der Waals surface area (Å²) in [4.78, 5) is 24.5. The summed E-state index contributed by atoms with van der Waals surface area (Å²) < 4.78 is 24.6. The second kappa shape index (κ2) is 13.6. The van der Waals surface area contributed by atoms with Crippen LogP contribution in [0.1, 0.15) is 50.3 Å². The number of hydrogen-bond acceptors (Lipinski definition) is 4. The number of halogens is 1. The number of amides is 1. The predicted octanol–water partition coefficient (Wildman–Crippen LogP) is 6.56. The molecule has 2 N–H and O–H groups in total. The van der Waals surface area contributed by atoms with Gasteiger partial charge in [-0.15, -0.1) is 0 Å². The monoisotopic (exact) mass is 521 g/mol. The summed E-state index contributed by atoms with van der Waals surface area (Å²) >= 11 is 0. The maximum Gasteiger partial charge on any atom is 0.407 e. The molecule has 0 aromatic heterocycles. The normalized spacial score (nSPS) is 12.8. The minimum Gasteiger partial charge on any atom is -0.489 e. The number of carbonyl (C=O) groups is 2. The summed E-state index contributed by atoms with van der Waals surface area (Å²) in [5, 5.41) is 12.7. The van der Waals surface area contributed by atoms with E-state index in [9.17, 15) is 19.1 Å². The van der Waals surface area contributed by atoms with E-state index in [4.69, 9.17) is 9.47 Å². The molecule has 0 heterocycles. The van der Waals surface area contributed by atoms with E-state index >= 15 is 0 Å². The molecule has 0 aliphatic heterocycles. The predicted molar refractivity (Wildman–Crippen MR) is 145 cm³/mol. The number of hydrogen-bond donors (Lipinski definition) is 2. The topological polar surface area (TPSA) is 84.9 Å². The first kappa shape index (κ1) is 28.7. The second-order valence-electron chi connectivity index (χ2n) is 10.4. The van der Waals surface area contributed by atoms with Gasteiger partial charge < -0.3 is 19.9 Å². The molecule has 0 fully saturated rings. The van der Waals surface area contributed by atoms with Gasteiger partial charge in [-0.25, -0.2) is 9.18 Å². The van der Waals surface area contributed by atoms with Gasteiger partial charge in [0, 0.05) is 6.04 Å². The van der Waals surface area contributed by atoms with Crippen molar-refractivity contribution in [3.05, 3.63) is 101 Å². The van der Waals surface area contributed by atoms with Gasteiger partial charge in [-0.3, -0.25) is 4.79 Å². The van der Waals surface area contributed by atoms with Gasteiger partial charge in [0.05, 0.1) is 5.92 Å². The van der Waals surface area contributed by atoms with Crippen molar-refractivity contribution in [2.24, 2.45) is 5.92 Å². The molecule has 3 aromatic rings. The van der Waals surface area contributed by atoms with E-state index in [0.717, 1.165) is 22.4 Å². The number of carbonyl (C=O) groups excluding carboxylic acids is 1. The summed E-state index contributed by atoms with van der Waals surface area (Å²) in [6.45, 7) is 5.84. The molecule has 0 saturated heterocycles. The number of carboxylic acid groups (broad SMARTS) is 1. The maximum atomic E-state index is 13.3. The lowest BCUT2D eigenvalue weighted by atomic mass is 9.91. The van der Waals surface area contributed by atoms with Crippen LogP contribution in [0.4, 0.5) is 9.18 Å². The van der Waals surface area contributed by atoms with Crippen LogP contribution in [0.5, 0.6) is 5.75 Å². The van der Waals surface area contributed by atoms with Crippen LogP contribution in [0.15, 0.2) is 78.9 Å². The average Bonchev–Trinajstić information content (AvgIpc) is 2.86. The Morgan fingerprint density at radius 1 is 0.842 bits per heavy atom. The minimum atomic E-state index is -0.926. The first-order valence-corrected chi connectivity index (χ1v) is 12.8. The highest BCUT2D eigenvalue weighted by molar-refractivity contribution is 5.70. The van der Waals surface area contributed by atoms with Crippen LogP contribution in [0.2, 0.25) is 0 Å². The van der Waals surface area contributed by atoms with Gasteiger partial charge in [0.15, 0.2) is 0 Å². The first-order chi connectivity index (χ1) is 18.1. The van der Waals surface area contributed by atoms with Gasteiger partial charge in [0.2, 0.25) is 0 Å². The van der Waals surface area contributed by atoms with Crippen molar-refractivity contribution in [2.45, 2.75) is 64.7 Å². The molecule has 7 heteroatoms. The fraction of sp³-hybridized carbons (Fsp3) is 0.355. The number of nitrogens with one attached hydrogen (secondary N) is 1. The first-order valence-electron chi connectivity index (χ1n) is 12.8. The van der Waals surface area contributed by atoms with Crippen LogP contribution < -0.4 is 10.1 Å². The highest BCUT2D eigenvalue weighted by atomic mass is 19.1. The highest BCUT2D eigenvalue weighted by Gasteiger charge is 2.24. The van der Waals surface area contributed by atoms with Gasteiger partial charge in [-0.1, -0.05) is 54.6 Å². The Morgan fingerprint density at radius 2 is 1.45 bits per heavy atom. The second-order valence-corrected chi connectivity index (χ2v) is 10.4. The Morgan fingerprint density at radius 3 is 2.05 bits per heavy atom. The average molecular weight is 522 g/mol. The van der Waals surface area contributed by atoms with Gasteiger partial charge in [-0.05, 0) is 87.4 Å². The van der Waals surface area contributed by atoms with Crippen LogP contribution in [-0.2, 0) is 29.0 Å². The van der Waals surface area contributed by atoms with Crippen molar-refractivity contribution in [3.8, 4) is 5.75 Å². The van der Waals surface area contributed by atoms with Gasteiger partial charge in [-0.2, -0.15) is 0 Å². The molecule has 1 amide bonds. The number of ether oxygens (including phenoxy) is 2. The van der Waals surface area contributed by atoms with Gasteiger partial charge in [0.1, 0.15) is 23.8 Å². The summed E-state index contributed by atoms with van der Waals surface area (Å²) in [6, 6.07) is 23.1. The van der Waals surface area contributed by atoms with Gasteiger partial charge in [0.25, 0.3) is 0 Å². The van der Waals surface area contributed by atoms with Crippen molar-refractivity contribution in [2.75, 3.05) is 0 Å². The smallest absolute Gasteiger partial charge is 0.407 e. The van der Waals surface area contributed by atoms with Gasteiger partial charge >= 0.3 is 12.1 Å². The van der Waals surface area contributed by atoms with Crippen molar-refractivity contribution in [1.29, 1.82) is 0 Å². The lowest BCUT2D eigenvalue weighted by Crippen LogP contribution is -2.40. The quantitative estimate of drug-likeness (QED) is 0.282. The Hall–Kier alpha value is -3.87. The third kappa shape index (κ3) is 10.2. The third-order valence-corrected chi connectivity index (χ3v) is 5.98. The van der Waals surface area contributed by atoms with E-state index in [1.807, 2.05) is 54.6 Å². The molecule has 3 aromatic carbocycles. The van der Waals surface area contributed by atoms with E-state index in [0.29, 0.717) is 25.9 Å². The molecule has 0 saturated carbocycles. The van der Waals surface area contributed by atoms with Crippen LogP contribution in [-0.4, -0.2) is 28.8 Å². The van der Waals surface area contributed by atoms with E-state index in [1.54, 1.807) is 32.9 Å². The molecule has 0 spiro atoms.